The summed E-state index contributed by atoms with van der Waals surface area (Å²) < 4.78 is 10.7. The second kappa shape index (κ2) is 4.14. The van der Waals surface area contributed by atoms with Crippen LogP contribution in [0.2, 0.25) is 0 Å². The summed E-state index contributed by atoms with van der Waals surface area (Å²) in [5.41, 5.74) is 1.48. The van der Waals surface area contributed by atoms with E-state index in [2.05, 4.69) is 10.2 Å². The van der Waals surface area contributed by atoms with Gasteiger partial charge in [-0.1, -0.05) is 0 Å². The van der Waals surface area contributed by atoms with Crippen molar-refractivity contribution < 1.29 is 13.9 Å². The molecule has 0 N–H and O–H groups in total. The van der Waals surface area contributed by atoms with E-state index in [1.54, 1.807) is 11.9 Å². The highest BCUT2D eigenvalue weighted by atomic mass is 16.5. The summed E-state index contributed by atoms with van der Waals surface area (Å²) in [6, 6.07) is 5.45. The molecule has 1 aliphatic rings. The van der Waals surface area contributed by atoms with Crippen molar-refractivity contribution in [1.82, 2.24) is 10.2 Å². The van der Waals surface area contributed by atoms with Gasteiger partial charge in [-0.25, -0.2) is 0 Å². The number of benzene rings is 1. The van der Waals surface area contributed by atoms with Crippen molar-refractivity contribution in [3.8, 4) is 17.2 Å². The lowest BCUT2D eigenvalue weighted by Crippen LogP contribution is -2.25. The molecular formula is C12H11N3O3. The topological polar surface area (TPSA) is 68.5 Å². The van der Waals surface area contributed by atoms with Crippen LogP contribution in [0.1, 0.15) is 6.42 Å². The predicted octanol–water partition coefficient (Wildman–Crippen LogP) is 1.48. The third kappa shape index (κ3) is 1.71. The highest BCUT2D eigenvalue weighted by Crippen LogP contribution is 2.34. The number of amides is 1. The van der Waals surface area contributed by atoms with Crippen LogP contribution >= 0.6 is 0 Å². The third-order valence-electron chi connectivity index (χ3n) is 2.87. The molecule has 1 aliphatic heterocycles. The molecule has 3 rings (SSSR count). The Bertz CT molecular complexity index is 580. The van der Waals surface area contributed by atoms with Crippen molar-refractivity contribution in [1.29, 1.82) is 0 Å². The second-order valence-corrected chi connectivity index (χ2v) is 3.98. The standard InChI is InChI=1S/C12H11N3O3/c1-15-9-6-8(12-14-13-7-18-12)2-3-10(9)17-5-4-11(15)16/h2-3,6-7H,4-5H2,1H3. The monoisotopic (exact) mass is 245 g/mol. The fraction of sp³-hybridized carbons (Fsp3) is 0.250. The maximum absolute atomic E-state index is 11.8. The molecule has 0 radical (unpaired) electrons. The first-order chi connectivity index (χ1) is 8.75. The van der Waals surface area contributed by atoms with E-state index in [-0.39, 0.29) is 5.91 Å². The van der Waals surface area contributed by atoms with E-state index in [1.165, 1.54) is 6.39 Å². The van der Waals surface area contributed by atoms with Gasteiger partial charge < -0.3 is 14.1 Å². The number of hydrogen-bond acceptors (Lipinski definition) is 5. The lowest BCUT2D eigenvalue weighted by molar-refractivity contribution is -0.118. The van der Waals surface area contributed by atoms with Crippen LogP contribution in [0.4, 0.5) is 5.69 Å². The van der Waals surface area contributed by atoms with Gasteiger partial charge in [0.1, 0.15) is 5.75 Å². The molecule has 1 aromatic heterocycles. The molecule has 0 bridgehead atoms. The quantitative estimate of drug-likeness (QED) is 0.761. The minimum atomic E-state index is 0.0245. The van der Waals surface area contributed by atoms with Crippen LogP contribution in [-0.2, 0) is 4.79 Å². The third-order valence-corrected chi connectivity index (χ3v) is 2.87. The average Bonchev–Trinajstić information content (AvgIpc) is 2.87. The Balaban J connectivity index is 2.08. The van der Waals surface area contributed by atoms with E-state index in [0.717, 1.165) is 5.56 Å². The van der Waals surface area contributed by atoms with E-state index in [9.17, 15) is 4.79 Å². The summed E-state index contributed by atoms with van der Waals surface area (Å²) in [6.07, 6.45) is 1.65. The lowest BCUT2D eigenvalue weighted by atomic mass is 10.1. The van der Waals surface area contributed by atoms with Gasteiger partial charge in [0.2, 0.25) is 18.2 Å². The van der Waals surface area contributed by atoms with Crippen LogP contribution < -0.4 is 9.64 Å². The maximum Gasteiger partial charge on any atom is 0.247 e. The zero-order valence-corrected chi connectivity index (χ0v) is 9.79. The first-order valence-corrected chi connectivity index (χ1v) is 5.55. The Morgan fingerprint density at radius 3 is 3.06 bits per heavy atom. The molecular weight excluding hydrogens is 234 g/mol. The fourth-order valence-electron chi connectivity index (χ4n) is 1.88. The molecule has 0 spiro atoms. The predicted molar refractivity (Wildman–Crippen MR) is 63.3 cm³/mol. The molecule has 0 atom stereocenters. The van der Waals surface area contributed by atoms with Crippen LogP contribution in [0, 0.1) is 0 Å². The number of rotatable bonds is 1. The Kier molecular flexibility index (Phi) is 2.47. The van der Waals surface area contributed by atoms with Crippen molar-refractivity contribution in [3.05, 3.63) is 24.6 Å². The van der Waals surface area contributed by atoms with Crippen LogP contribution in [0.3, 0.4) is 0 Å². The summed E-state index contributed by atoms with van der Waals surface area (Å²) >= 11 is 0. The largest absolute Gasteiger partial charge is 0.491 e. The summed E-state index contributed by atoms with van der Waals surface area (Å²) in [5.74, 6) is 1.13. The van der Waals surface area contributed by atoms with E-state index in [0.29, 0.717) is 30.4 Å². The molecule has 6 nitrogen and oxygen atoms in total. The minimum absolute atomic E-state index is 0.0245. The molecule has 92 valence electrons. The molecule has 18 heavy (non-hydrogen) atoms. The SMILES string of the molecule is CN1C(=O)CCOc2ccc(-c3nnco3)cc21. The number of anilines is 1. The van der Waals surface area contributed by atoms with E-state index in [1.807, 2.05) is 18.2 Å². The van der Waals surface area contributed by atoms with Gasteiger partial charge >= 0.3 is 0 Å². The summed E-state index contributed by atoms with van der Waals surface area (Å²) in [4.78, 5) is 13.4. The second-order valence-electron chi connectivity index (χ2n) is 3.98. The van der Waals surface area contributed by atoms with Crippen LogP contribution in [-0.4, -0.2) is 29.8 Å². The van der Waals surface area contributed by atoms with Gasteiger partial charge in [-0.2, -0.15) is 0 Å². The van der Waals surface area contributed by atoms with Crippen molar-refractivity contribution in [3.63, 3.8) is 0 Å². The molecule has 0 saturated heterocycles. The highest BCUT2D eigenvalue weighted by molar-refractivity contribution is 5.95. The molecule has 2 aromatic rings. The fourth-order valence-corrected chi connectivity index (χ4v) is 1.88. The van der Waals surface area contributed by atoms with Crippen molar-refractivity contribution in [2.75, 3.05) is 18.6 Å². The van der Waals surface area contributed by atoms with Crippen LogP contribution in [0.5, 0.6) is 5.75 Å². The van der Waals surface area contributed by atoms with Crippen molar-refractivity contribution in [2.24, 2.45) is 0 Å². The van der Waals surface area contributed by atoms with Gasteiger partial charge in [0.15, 0.2) is 0 Å². The van der Waals surface area contributed by atoms with Crippen molar-refractivity contribution in [2.45, 2.75) is 6.42 Å². The Labute approximate surface area is 103 Å². The molecule has 1 amide bonds. The summed E-state index contributed by atoms with van der Waals surface area (Å²) in [6.45, 7) is 0.399. The number of aromatic nitrogens is 2. The molecule has 0 aliphatic carbocycles. The minimum Gasteiger partial charge on any atom is -0.491 e. The van der Waals surface area contributed by atoms with Crippen LogP contribution in [0.15, 0.2) is 29.0 Å². The van der Waals surface area contributed by atoms with E-state index in [4.69, 9.17) is 9.15 Å². The highest BCUT2D eigenvalue weighted by Gasteiger charge is 2.21. The first kappa shape index (κ1) is 10.8. The number of carbonyl (C=O) groups is 1. The van der Waals surface area contributed by atoms with E-state index < -0.39 is 0 Å². The molecule has 6 heteroatoms. The molecule has 0 saturated carbocycles. The molecule has 0 unspecified atom stereocenters. The summed E-state index contributed by atoms with van der Waals surface area (Å²) in [7, 11) is 1.73. The van der Waals surface area contributed by atoms with Gasteiger partial charge in [0.25, 0.3) is 0 Å². The number of carbonyl (C=O) groups excluding carboxylic acids is 1. The van der Waals surface area contributed by atoms with Gasteiger partial charge in [-0.3, -0.25) is 4.79 Å². The number of nitrogens with zero attached hydrogens (tertiary/aromatic N) is 3. The normalized spacial score (nSPS) is 14.9. The smallest absolute Gasteiger partial charge is 0.247 e. The number of ether oxygens (including phenoxy) is 1. The van der Waals surface area contributed by atoms with Gasteiger partial charge in [0.05, 0.1) is 18.7 Å². The van der Waals surface area contributed by atoms with Gasteiger partial charge in [-0.05, 0) is 18.2 Å². The molecule has 1 aromatic carbocycles. The van der Waals surface area contributed by atoms with E-state index >= 15 is 0 Å². The zero-order chi connectivity index (χ0) is 12.5. The summed E-state index contributed by atoms with van der Waals surface area (Å²) in [5, 5.41) is 7.48. The van der Waals surface area contributed by atoms with Crippen molar-refractivity contribution >= 4 is 11.6 Å². The molecule has 2 heterocycles. The average molecular weight is 245 g/mol. The Morgan fingerprint density at radius 1 is 1.39 bits per heavy atom. The Morgan fingerprint density at radius 2 is 2.28 bits per heavy atom. The van der Waals surface area contributed by atoms with Crippen LogP contribution in [0.25, 0.3) is 11.5 Å². The van der Waals surface area contributed by atoms with Gasteiger partial charge in [-0.15, -0.1) is 10.2 Å². The number of fused-ring (bicyclic) bond motifs is 1. The first-order valence-electron chi connectivity index (χ1n) is 5.55. The maximum atomic E-state index is 11.8. The molecule has 0 fully saturated rings. The zero-order valence-electron chi connectivity index (χ0n) is 9.79. The number of hydrogen-bond donors (Lipinski definition) is 0. The Hall–Kier alpha value is -2.37. The lowest BCUT2D eigenvalue weighted by Gasteiger charge is -2.16. The van der Waals surface area contributed by atoms with Gasteiger partial charge in [0, 0.05) is 12.6 Å².